The van der Waals surface area contributed by atoms with Crippen molar-refractivity contribution < 1.29 is 9.84 Å². The molecule has 0 aliphatic carbocycles. The zero-order valence-electron chi connectivity index (χ0n) is 11.8. The van der Waals surface area contributed by atoms with Crippen LogP contribution in [-0.2, 0) is 0 Å². The molecule has 0 unspecified atom stereocenters. The van der Waals surface area contributed by atoms with E-state index in [1.54, 1.807) is 24.3 Å². The number of fused-ring (bicyclic) bond motifs is 1. The Morgan fingerprint density at radius 3 is 2.82 bits per heavy atom. The van der Waals surface area contributed by atoms with Gasteiger partial charge in [0.15, 0.2) is 11.5 Å². The Bertz CT molecular complexity index is 873. The standard InChI is InChI=1S/C17H12N2O2S/c1-21-15-7-6-11(9-14(15)20)8-12(10-18)17-19-13-4-2-3-5-16(13)22-17/h2-9,20H,1H3/b12-8-. The Hall–Kier alpha value is -2.84. The summed E-state index contributed by atoms with van der Waals surface area (Å²) in [5.74, 6) is 0.438. The maximum absolute atomic E-state index is 9.81. The molecule has 1 aromatic heterocycles. The van der Waals surface area contributed by atoms with Crippen LogP contribution in [-0.4, -0.2) is 17.2 Å². The molecule has 3 rings (SSSR count). The van der Waals surface area contributed by atoms with E-state index in [9.17, 15) is 10.4 Å². The molecule has 0 saturated heterocycles. The Kier molecular flexibility index (Phi) is 3.77. The van der Waals surface area contributed by atoms with Crippen molar-refractivity contribution in [2.45, 2.75) is 0 Å². The van der Waals surface area contributed by atoms with Crippen LogP contribution in [0.2, 0.25) is 0 Å². The number of nitriles is 1. The molecule has 5 heteroatoms. The van der Waals surface area contributed by atoms with Crippen LogP contribution in [0.1, 0.15) is 10.6 Å². The van der Waals surface area contributed by atoms with E-state index in [0.717, 1.165) is 10.2 Å². The summed E-state index contributed by atoms with van der Waals surface area (Å²) in [5, 5.41) is 19.9. The summed E-state index contributed by atoms with van der Waals surface area (Å²) in [6, 6.07) is 14.9. The monoisotopic (exact) mass is 308 g/mol. The molecule has 0 aliphatic heterocycles. The van der Waals surface area contributed by atoms with Crippen molar-refractivity contribution in [3.63, 3.8) is 0 Å². The zero-order chi connectivity index (χ0) is 15.5. The number of methoxy groups -OCH3 is 1. The van der Waals surface area contributed by atoms with Gasteiger partial charge in [-0.1, -0.05) is 18.2 Å². The fourth-order valence-corrected chi connectivity index (χ4v) is 3.02. The highest BCUT2D eigenvalue weighted by atomic mass is 32.1. The van der Waals surface area contributed by atoms with Gasteiger partial charge in [0, 0.05) is 0 Å². The molecular weight excluding hydrogens is 296 g/mol. The van der Waals surface area contributed by atoms with E-state index in [-0.39, 0.29) is 5.75 Å². The summed E-state index contributed by atoms with van der Waals surface area (Å²) < 4.78 is 6.05. The van der Waals surface area contributed by atoms with Crippen molar-refractivity contribution in [1.82, 2.24) is 4.98 Å². The highest BCUT2D eigenvalue weighted by Gasteiger charge is 2.09. The Morgan fingerprint density at radius 2 is 2.14 bits per heavy atom. The van der Waals surface area contributed by atoms with E-state index < -0.39 is 0 Å². The van der Waals surface area contributed by atoms with Gasteiger partial charge in [0.2, 0.25) is 0 Å². The summed E-state index contributed by atoms with van der Waals surface area (Å²) in [4.78, 5) is 4.48. The van der Waals surface area contributed by atoms with Crippen molar-refractivity contribution in [1.29, 1.82) is 5.26 Å². The van der Waals surface area contributed by atoms with Gasteiger partial charge in [-0.15, -0.1) is 11.3 Å². The van der Waals surface area contributed by atoms with Crippen molar-refractivity contribution in [3.8, 4) is 17.6 Å². The van der Waals surface area contributed by atoms with E-state index in [0.29, 0.717) is 21.9 Å². The van der Waals surface area contributed by atoms with Crippen LogP contribution < -0.4 is 4.74 Å². The summed E-state index contributed by atoms with van der Waals surface area (Å²) in [5.41, 5.74) is 2.06. The van der Waals surface area contributed by atoms with Gasteiger partial charge >= 0.3 is 0 Å². The minimum absolute atomic E-state index is 0.0397. The number of allylic oxidation sites excluding steroid dienone is 1. The first-order valence-corrected chi connectivity index (χ1v) is 7.37. The van der Waals surface area contributed by atoms with Crippen LogP contribution in [0, 0.1) is 11.3 Å². The number of aromatic hydroxyl groups is 1. The van der Waals surface area contributed by atoms with Crippen LogP contribution in [0.3, 0.4) is 0 Å². The predicted molar refractivity (Wildman–Crippen MR) is 87.8 cm³/mol. The van der Waals surface area contributed by atoms with Crippen molar-refractivity contribution >= 4 is 33.2 Å². The second-order valence-electron chi connectivity index (χ2n) is 4.59. The first-order valence-electron chi connectivity index (χ1n) is 6.56. The SMILES string of the molecule is COc1ccc(/C=C(/C#N)c2nc3ccccc3s2)cc1O. The lowest BCUT2D eigenvalue weighted by molar-refractivity contribution is 0.373. The average molecular weight is 308 g/mol. The van der Waals surface area contributed by atoms with Gasteiger partial charge in [0.05, 0.1) is 22.9 Å². The van der Waals surface area contributed by atoms with Crippen molar-refractivity contribution in [2.24, 2.45) is 0 Å². The van der Waals surface area contributed by atoms with E-state index in [1.165, 1.54) is 18.4 Å². The van der Waals surface area contributed by atoms with E-state index in [4.69, 9.17) is 4.74 Å². The molecule has 2 aromatic carbocycles. The summed E-state index contributed by atoms with van der Waals surface area (Å²) in [7, 11) is 1.49. The lowest BCUT2D eigenvalue weighted by Gasteiger charge is -2.03. The molecule has 0 fully saturated rings. The van der Waals surface area contributed by atoms with Gasteiger partial charge in [-0.05, 0) is 35.9 Å². The third kappa shape index (κ3) is 2.65. The maximum Gasteiger partial charge on any atom is 0.160 e. The number of phenolic OH excluding ortho intramolecular Hbond substituents is 1. The molecule has 0 bridgehead atoms. The summed E-state index contributed by atoms with van der Waals surface area (Å²) >= 11 is 1.47. The number of phenols is 1. The Balaban J connectivity index is 2.03. The lowest BCUT2D eigenvalue weighted by Crippen LogP contribution is -1.85. The number of aromatic nitrogens is 1. The quantitative estimate of drug-likeness (QED) is 0.741. The first kappa shape index (κ1) is 14.1. The second kappa shape index (κ2) is 5.88. The molecule has 0 spiro atoms. The third-order valence-electron chi connectivity index (χ3n) is 3.16. The van der Waals surface area contributed by atoms with Gasteiger partial charge in [0.1, 0.15) is 11.1 Å². The van der Waals surface area contributed by atoms with Gasteiger partial charge in [-0.25, -0.2) is 4.98 Å². The number of para-hydroxylation sites is 1. The minimum Gasteiger partial charge on any atom is -0.504 e. The molecule has 0 amide bonds. The smallest absolute Gasteiger partial charge is 0.160 e. The Morgan fingerprint density at radius 1 is 1.32 bits per heavy atom. The predicted octanol–water partition coefficient (Wildman–Crippen LogP) is 4.07. The van der Waals surface area contributed by atoms with Crippen LogP contribution in [0.4, 0.5) is 0 Å². The Labute approximate surface area is 131 Å². The number of ether oxygens (including phenoxy) is 1. The van der Waals surface area contributed by atoms with Crippen LogP contribution in [0.25, 0.3) is 21.9 Å². The number of nitrogens with zero attached hydrogens (tertiary/aromatic N) is 2. The second-order valence-corrected chi connectivity index (χ2v) is 5.62. The van der Waals surface area contributed by atoms with Crippen molar-refractivity contribution in [2.75, 3.05) is 7.11 Å². The number of benzene rings is 2. The highest BCUT2D eigenvalue weighted by molar-refractivity contribution is 7.19. The largest absolute Gasteiger partial charge is 0.504 e. The fraction of sp³-hybridized carbons (Fsp3) is 0.0588. The maximum atomic E-state index is 9.81. The molecule has 0 saturated carbocycles. The van der Waals surface area contributed by atoms with Crippen LogP contribution in [0.15, 0.2) is 42.5 Å². The van der Waals surface area contributed by atoms with Gasteiger partial charge in [-0.3, -0.25) is 0 Å². The number of thiazole rings is 1. The fourth-order valence-electron chi connectivity index (χ4n) is 2.09. The number of hydrogen-bond acceptors (Lipinski definition) is 5. The molecule has 22 heavy (non-hydrogen) atoms. The average Bonchev–Trinajstić information content (AvgIpc) is 2.96. The molecule has 0 radical (unpaired) electrons. The molecule has 108 valence electrons. The van der Waals surface area contributed by atoms with E-state index >= 15 is 0 Å². The summed E-state index contributed by atoms with van der Waals surface area (Å²) in [6.07, 6.45) is 1.71. The molecule has 0 atom stereocenters. The van der Waals surface area contributed by atoms with E-state index in [1.807, 2.05) is 24.3 Å². The number of rotatable bonds is 3. The first-order chi connectivity index (χ1) is 10.7. The molecule has 1 heterocycles. The van der Waals surface area contributed by atoms with Gasteiger partial charge < -0.3 is 9.84 Å². The number of hydrogen-bond donors (Lipinski definition) is 1. The molecule has 1 N–H and O–H groups in total. The molecule has 3 aromatic rings. The van der Waals surface area contributed by atoms with Gasteiger partial charge in [0.25, 0.3) is 0 Å². The zero-order valence-corrected chi connectivity index (χ0v) is 12.6. The molecular formula is C17H12N2O2S. The van der Waals surface area contributed by atoms with Crippen molar-refractivity contribution in [3.05, 3.63) is 53.0 Å². The third-order valence-corrected chi connectivity index (χ3v) is 4.23. The van der Waals surface area contributed by atoms with Crippen LogP contribution in [0.5, 0.6) is 11.5 Å². The normalized spacial score (nSPS) is 11.4. The topological polar surface area (TPSA) is 66.1 Å². The molecule has 4 nitrogen and oxygen atoms in total. The highest BCUT2D eigenvalue weighted by Crippen LogP contribution is 2.30. The van der Waals surface area contributed by atoms with Crippen LogP contribution >= 0.6 is 11.3 Å². The summed E-state index contributed by atoms with van der Waals surface area (Å²) in [6.45, 7) is 0. The molecule has 0 aliphatic rings. The lowest BCUT2D eigenvalue weighted by atomic mass is 10.1. The van der Waals surface area contributed by atoms with Gasteiger partial charge in [-0.2, -0.15) is 5.26 Å². The van der Waals surface area contributed by atoms with E-state index in [2.05, 4.69) is 11.1 Å². The minimum atomic E-state index is 0.0397.